The summed E-state index contributed by atoms with van der Waals surface area (Å²) in [6, 6.07) is 0. The second kappa shape index (κ2) is 13.5. The Hall–Kier alpha value is -2.74. The fourth-order valence-corrected chi connectivity index (χ4v) is 1.99. The molecule has 0 aliphatic rings. The fraction of sp³-hybridized carbons (Fsp3) is 0.545. The molecular formula is C22H32O8. The molecule has 0 rings (SSSR count). The molecule has 0 aromatic carbocycles. The molecule has 0 spiro atoms. The smallest absolute Gasteiger partial charge is 0.333 e. The van der Waals surface area contributed by atoms with Crippen LogP contribution in [0, 0.1) is 0 Å². The van der Waals surface area contributed by atoms with Crippen LogP contribution >= 0.6 is 0 Å². The Bertz CT molecular complexity index is 645. The van der Waals surface area contributed by atoms with Crippen molar-refractivity contribution >= 4 is 23.7 Å². The van der Waals surface area contributed by atoms with Crippen molar-refractivity contribution < 1.29 is 38.1 Å². The van der Waals surface area contributed by atoms with E-state index in [0.717, 1.165) is 0 Å². The van der Waals surface area contributed by atoms with Crippen LogP contribution in [0.2, 0.25) is 0 Å². The standard InChI is InChI=1S/C22H32O8/c1-8-12-29-22(6,7)18(23)10-9-11-19(24)30-17(13-27-20(25)15(2)3)14-28-21(26)16(4)5/h8,17H,1-2,4,9-14H2,3,5-7H3. The number of Topliss-reactive ketones (excluding diaryl/α,β-unsaturated/α-hetero) is 1. The van der Waals surface area contributed by atoms with Crippen LogP contribution in [-0.2, 0) is 38.1 Å². The lowest BCUT2D eigenvalue weighted by Gasteiger charge is -2.23. The SMILES string of the molecule is C=CCOC(C)(C)C(=O)CCCC(=O)OC(COC(=O)C(=C)C)COC(=O)C(=C)C. The van der Waals surface area contributed by atoms with Crippen molar-refractivity contribution in [1.82, 2.24) is 0 Å². The minimum absolute atomic E-state index is 0.0390. The van der Waals surface area contributed by atoms with Gasteiger partial charge in [0, 0.05) is 24.0 Å². The highest BCUT2D eigenvalue weighted by Gasteiger charge is 2.27. The second-order valence-corrected chi connectivity index (χ2v) is 7.26. The third-order valence-corrected chi connectivity index (χ3v) is 3.81. The lowest BCUT2D eigenvalue weighted by Crippen LogP contribution is -2.35. The van der Waals surface area contributed by atoms with E-state index in [1.165, 1.54) is 13.8 Å². The van der Waals surface area contributed by atoms with Crippen molar-refractivity contribution in [3.63, 3.8) is 0 Å². The van der Waals surface area contributed by atoms with Gasteiger partial charge in [-0.25, -0.2) is 9.59 Å². The topological polar surface area (TPSA) is 105 Å². The van der Waals surface area contributed by atoms with Gasteiger partial charge in [-0.15, -0.1) is 6.58 Å². The lowest BCUT2D eigenvalue weighted by atomic mass is 9.98. The number of hydrogen-bond donors (Lipinski definition) is 0. The first-order valence-electron chi connectivity index (χ1n) is 9.53. The van der Waals surface area contributed by atoms with E-state index in [4.69, 9.17) is 18.9 Å². The van der Waals surface area contributed by atoms with Crippen LogP contribution in [-0.4, -0.2) is 55.2 Å². The average Bonchev–Trinajstić information content (AvgIpc) is 2.67. The molecule has 0 saturated carbocycles. The van der Waals surface area contributed by atoms with Gasteiger partial charge in [-0.2, -0.15) is 0 Å². The predicted molar refractivity (Wildman–Crippen MR) is 111 cm³/mol. The summed E-state index contributed by atoms with van der Waals surface area (Å²) in [6.45, 7) is 16.3. The molecule has 0 heterocycles. The third kappa shape index (κ3) is 11.3. The zero-order valence-corrected chi connectivity index (χ0v) is 18.3. The molecule has 0 N–H and O–H groups in total. The molecule has 0 atom stereocenters. The van der Waals surface area contributed by atoms with E-state index in [2.05, 4.69) is 19.7 Å². The van der Waals surface area contributed by atoms with Crippen LogP contribution in [0.5, 0.6) is 0 Å². The molecule has 8 heteroatoms. The van der Waals surface area contributed by atoms with Gasteiger partial charge in [0.15, 0.2) is 11.9 Å². The predicted octanol–water partition coefficient (Wildman–Crippen LogP) is 2.86. The number of ketones is 1. The molecule has 0 bridgehead atoms. The molecule has 0 aliphatic heterocycles. The molecule has 0 aliphatic carbocycles. The van der Waals surface area contributed by atoms with Crippen LogP contribution in [0.15, 0.2) is 37.0 Å². The Morgan fingerprint density at radius 1 is 0.933 bits per heavy atom. The maximum Gasteiger partial charge on any atom is 0.333 e. The summed E-state index contributed by atoms with van der Waals surface area (Å²) in [5.74, 6) is -2.08. The molecule has 0 radical (unpaired) electrons. The van der Waals surface area contributed by atoms with E-state index in [9.17, 15) is 19.2 Å². The monoisotopic (exact) mass is 424 g/mol. The van der Waals surface area contributed by atoms with Gasteiger partial charge in [-0.05, 0) is 34.1 Å². The van der Waals surface area contributed by atoms with Crippen molar-refractivity contribution in [3.8, 4) is 0 Å². The zero-order chi connectivity index (χ0) is 23.3. The minimum atomic E-state index is -0.993. The Morgan fingerprint density at radius 3 is 1.87 bits per heavy atom. The molecular weight excluding hydrogens is 392 g/mol. The first-order valence-corrected chi connectivity index (χ1v) is 9.53. The van der Waals surface area contributed by atoms with Crippen LogP contribution in [0.3, 0.4) is 0 Å². The molecule has 0 fully saturated rings. The molecule has 8 nitrogen and oxygen atoms in total. The van der Waals surface area contributed by atoms with E-state index in [1.54, 1.807) is 19.9 Å². The third-order valence-electron chi connectivity index (χ3n) is 3.81. The number of esters is 3. The van der Waals surface area contributed by atoms with Crippen LogP contribution in [0.4, 0.5) is 0 Å². The van der Waals surface area contributed by atoms with Gasteiger partial charge >= 0.3 is 17.9 Å². The lowest BCUT2D eigenvalue weighted by molar-refractivity contribution is -0.164. The maximum atomic E-state index is 12.2. The van der Waals surface area contributed by atoms with Gasteiger partial charge in [-0.1, -0.05) is 19.2 Å². The molecule has 0 unspecified atom stereocenters. The summed E-state index contributed by atoms with van der Waals surface area (Å²) in [6.07, 6.45) is 0.894. The van der Waals surface area contributed by atoms with Crippen molar-refractivity contribution in [1.29, 1.82) is 0 Å². The molecule has 0 saturated heterocycles. The molecule has 168 valence electrons. The quantitative estimate of drug-likeness (QED) is 0.171. The Morgan fingerprint density at radius 2 is 1.43 bits per heavy atom. The van der Waals surface area contributed by atoms with Gasteiger partial charge in [0.05, 0.1) is 6.61 Å². The molecule has 30 heavy (non-hydrogen) atoms. The maximum absolute atomic E-state index is 12.2. The van der Waals surface area contributed by atoms with Crippen molar-refractivity contribution in [2.75, 3.05) is 19.8 Å². The Kier molecular flexibility index (Phi) is 12.2. The average molecular weight is 424 g/mol. The number of rotatable bonds is 15. The molecule has 0 amide bonds. The first kappa shape index (κ1) is 27.3. The van der Waals surface area contributed by atoms with Crippen LogP contribution in [0.25, 0.3) is 0 Å². The van der Waals surface area contributed by atoms with E-state index < -0.39 is 29.6 Å². The van der Waals surface area contributed by atoms with Crippen molar-refractivity contribution in [3.05, 3.63) is 37.0 Å². The highest BCUT2D eigenvalue weighted by atomic mass is 16.6. The van der Waals surface area contributed by atoms with Crippen LogP contribution < -0.4 is 0 Å². The number of ether oxygens (including phenoxy) is 4. The van der Waals surface area contributed by atoms with Crippen LogP contribution in [0.1, 0.15) is 47.0 Å². The highest BCUT2D eigenvalue weighted by Crippen LogP contribution is 2.15. The highest BCUT2D eigenvalue weighted by molar-refractivity contribution is 5.88. The molecule has 0 aromatic heterocycles. The number of carbonyl (C=O) groups is 4. The minimum Gasteiger partial charge on any atom is -0.458 e. The summed E-state index contributed by atoms with van der Waals surface area (Å²) in [7, 11) is 0. The van der Waals surface area contributed by atoms with Crippen molar-refractivity contribution in [2.24, 2.45) is 0 Å². The second-order valence-electron chi connectivity index (χ2n) is 7.26. The largest absolute Gasteiger partial charge is 0.458 e. The summed E-state index contributed by atoms with van der Waals surface area (Å²) in [4.78, 5) is 47.4. The van der Waals surface area contributed by atoms with E-state index in [-0.39, 0.29) is 56.0 Å². The van der Waals surface area contributed by atoms with E-state index in [0.29, 0.717) is 0 Å². The summed E-state index contributed by atoms with van der Waals surface area (Å²) >= 11 is 0. The summed E-state index contributed by atoms with van der Waals surface area (Å²) < 4.78 is 20.6. The van der Waals surface area contributed by atoms with Gasteiger partial charge in [0.25, 0.3) is 0 Å². The first-order chi connectivity index (χ1) is 13.9. The number of carbonyl (C=O) groups excluding carboxylic acids is 4. The fourth-order valence-electron chi connectivity index (χ4n) is 1.99. The Balaban J connectivity index is 4.66. The zero-order valence-electron chi connectivity index (χ0n) is 18.3. The Labute approximate surface area is 177 Å². The molecule has 0 aromatic rings. The summed E-state index contributed by atoms with van der Waals surface area (Å²) in [5, 5.41) is 0. The number of hydrogen-bond acceptors (Lipinski definition) is 8. The summed E-state index contributed by atoms with van der Waals surface area (Å²) in [5.41, 5.74) is -0.619. The van der Waals surface area contributed by atoms with E-state index in [1.807, 2.05) is 0 Å². The van der Waals surface area contributed by atoms with Crippen molar-refractivity contribution in [2.45, 2.75) is 58.7 Å². The normalized spacial score (nSPS) is 10.8. The van der Waals surface area contributed by atoms with Gasteiger partial charge in [0.2, 0.25) is 0 Å². The van der Waals surface area contributed by atoms with E-state index >= 15 is 0 Å². The van der Waals surface area contributed by atoms with Gasteiger partial charge in [-0.3, -0.25) is 9.59 Å². The van der Waals surface area contributed by atoms with Gasteiger partial charge < -0.3 is 18.9 Å². The van der Waals surface area contributed by atoms with Gasteiger partial charge in [0.1, 0.15) is 18.8 Å².